The number of sulfonamides is 1. The van der Waals surface area contributed by atoms with Crippen molar-refractivity contribution in [2.45, 2.75) is 37.1 Å². The molecule has 3 heterocycles. The molecule has 36 heavy (non-hydrogen) atoms. The van der Waals surface area contributed by atoms with Crippen molar-refractivity contribution in [3.63, 3.8) is 0 Å². The predicted molar refractivity (Wildman–Crippen MR) is 138 cm³/mol. The molecule has 1 aromatic heterocycles. The summed E-state index contributed by atoms with van der Waals surface area (Å²) in [5.74, 6) is 1.87. The number of aromatic nitrogens is 2. The molecule has 0 radical (unpaired) electrons. The Morgan fingerprint density at radius 2 is 1.64 bits per heavy atom. The summed E-state index contributed by atoms with van der Waals surface area (Å²) >= 11 is 0. The van der Waals surface area contributed by atoms with Gasteiger partial charge in [-0.3, -0.25) is 9.69 Å². The van der Waals surface area contributed by atoms with Crippen LogP contribution < -0.4 is 9.64 Å². The number of nitrogens with zero attached hydrogens (tertiary/aromatic N) is 6. The molecule has 1 atom stereocenters. The van der Waals surface area contributed by atoms with E-state index in [2.05, 4.69) is 14.8 Å². The number of methoxy groups -OCH3 is 1. The van der Waals surface area contributed by atoms with Gasteiger partial charge in [-0.05, 0) is 50.5 Å². The average molecular weight is 517 g/mol. The molecule has 2 aromatic rings. The molecule has 0 aliphatic carbocycles. The van der Waals surface area contributed by atoms with E-state index in [1.54, 1.807) is 56.6 Å². The molecule has 2 aliphatic rings. The standard InChI is InChI=1S/C25H36N6O4S/c1-19(23-26-18-22(25(32)28(2)3)24(27-23)30-12-6-5-7-13-30)29-14-16-31(17-15-29)36(33,34)21-10-8-20(35-4)9-11-21/h8-11,18-19H,5-7,12-17H2,1-4H3. The summed E-state index contributed by atoms with van der Waals surface area (Å²) in [5, 5.41) is 0. The van der Waals surface area contributed by atoms with Crippen LogP contribution >= 0.6 is 0 Å². The van der Waals surface area contributed by atoms with E-state index in [9.17, 15) is 13.2 Å². The third-order valence-electron chi connectivity index (χ3n) is 6.97. The molecule has 4 rings (SSSR count). The number of ether oxygens (including phenoxy) is 1. The van der Waals surface area contributed by atoms with Gasteiger partial charge in [0.15, 0.2) is 0 Å². The number of hydrogen-bond acceptors (Lipinski definition) is 8. The van der Waals surface area contributed by atoms with Crippen molar-refractivity contribution < 1.29 is 17.9 Å². The fraction of sp³-hybridized carbons (Fsp3) is 0.560. The van der Waals surface area contributed by atoms with Crippen LogP contribution in [0.1, 0.15) is 48.4 Å². The van der Waals surface area contributed by atoms with Crippen LogP contribution in [0.25, 0.3) is 0 Å². The Morgan fingerprint density at radius 1 is 1.00 bits per heavy atom. The number of carbonyl (C=O) groups excluding carboxylic acids is 1. The number of rotatable bonds is 7. The minimum Gasteiger partial charge on any atom is -0.497 e. The molecule has 0 bridgehead atoms. The minimum absolute atomic E-state index is 0.105. The van der Waals surface area contributed by atoms with Crippen molar-refractivity contribution in [3.8, 4) is 5.75 Å². The fourth-order valence-electron chi connectivity index (χ4n) is 4.72. The molecular weight excluding hydrogens is 480 g/mol. The lowest BCUT2D eigenvalue weighted by molar-refractivity contribution is 0.0827. The van der Waals surface area contributed by atoms with Crippen molar-refractivity contribution in [2.75, 3.05) is 65.4 Å². The number of amides is 1. The molecule has 11 heteroatoms. The van der Waals surface area contributed by atoms with Crippen LogP contribution in [-0.4, -0.2) is 98.9 Å². The minimum atomic E-state index is -3.57. The zero-order valence-electron chi connectivity index (χ0n) is 21.6. The predicted octanol–water partition coefficient (Wildman–Crippen LogP) is 2.24. The summed E-state index contributed by atoms with van der Waals surface area (Å²) in [6, 6.07) is 6.37. The Hall–Kier alpha value is -2.76. The summed E-state index contributed by atoms with van der Waals surface area (Å²) in [6.07, 6.45) is 4.99. The van der Waals surface area contributed by atoms with E-state index in [1.807, 2.05) is 6.92 Å². The summed E-state index contributed by atoms with van der Waals surface area (Å²) in [6.45, 7) is 5.69. The SMILES string of the molecule is COc1ccc(S(=O)(=O)N2CCN(C(C)c3ncc(C(=O)N(C)C)c(N4CCCCC4)n3)CC2)cc1. The van der Waals surface area contributed by atoms with E-state index < -0.39 is 10.0 Å². The van der Waals surface area contributed by atoms with Gasteiger partial charge in [-0.15, -0.1) is 0 Å². The summed E-state index contributed by atoms with van der Waals surface area (Å²) in [7, 11) is 1.45. The van der Waals surface area contributed by atoms with E-state index in [-0.39, 0.29) is 16.8 Å². The van der Waals surface area contributed by atoms with E-state index in [0.29, 0.717) is 49.1 Å². The molecule has 1 amide bonds. The molecule has 0 spiro atoms. The molecule has 2 fully saturated rings. The number of piperidine rings is 1. The van der Waals surface area contributed by atoms with Gasteiger partial charge in [0.2, 0.25) is 10.0 Å². The van der Waals surface area contributed by atoms with Crippen LogP contribution in [0.3, 0.4) is 0 Å². The maximum absolute atomic E-state index is 13.1. The molecule has 0 saturated carbocycles. The lowest BCUT2D eigenvalue weighted by atomic mass is 10.1. The highest BCUT2D eigenvalue weighted by Crippen LogP contribution is 2.27. The van der Waals surface area contributed by atoms with Crippen molar-refractivity contribution in [1.29, 1.82) is 0 Å². The average Bonchev–Trinajstić information content (AvgIpc) is 2.92. The monoisotopic (exact) mass is 516 g/mol. The van der Waals surface area contributed by atoms with Gasteiger partial charge in [-0.2, -0.15) is 4.31 Å². The first-order chi connectivity index (χ1) is 17.2. The zero-order chi connectivity index (χ0) is 25.9. The van der Waals surface area contributed by atoms with Crippen LogP contribution in [0, 0.1) is 0 Å². The molecule has 2 saturated heterocycles. The summed E-state index contributed by atoms with van der Waals surface area (Å²) in [4.78, 5) is 28.5. The number of carbonyl (C=O) groups is 1. The molecular formula is C25H36N6O4S. The highest BCUT2D eigenvalue weighted by Gasteiger charge is 2.32. The quantitative estimate of drug-likeness (QED) is 0.553. The zero-order valence-corrected chi connectivity index (χ0v) is 22.4. The van der Waals surface area contributed by atoms with Crippen LogP contribution in [0.5, 0.6) is 5.75 Å². The van der Waals surface area contributed by atoms with Crippen molar-refractivity contribution >= 4 is 21.7 Å². The van der Waals surface area contributed by atoms with Gasteiger partial charge in [-0.1, -0.05) is 0 Å². The second kappa shape index (κ2) is 11.1. The van der Waals surface area contributed by atoms with Gasteiger partial charge in [0.1, 0.15) is 23.0 Å². The lowest BCUT2D eigenvalue weighted by Gasteiger charge is -2.37. The van der Waals surface area contributed by atoms with Crippen LogP contribution in [-0.2, 0) is 10.0 Å². The van der Waals surface area contributed by atoms with E-state index in [4.69, 9.17) is 9.72 Å². The summed E-state index contributed by atoms with van der Waals surface area (Å²) < 4.78 is 32.9. The maximum Gasteiger partial charge on any atom is 0.258 e. The Balaban J connectivity index is 1.49. The topological polar surface area (TPSA) is 99.2 Å². The Bertz CT molecular complexity index is 1160. The molecule has 1 aromatic carbocycles. The van der Waals surface area contributed by atoms with Crippen LogP contribution in [0.4, 0.5) is 5.82 Å². The molecule has 10 nitrogen and oxygen atoms in total. The van der Waals surface area contributed by atoms with E-state index in [0.717, 1.165) is 25.9 Å². The van der Waals surface area contributed by atoms with Gasteiger partial charge in [0, 0.05) is 59.6 Å². The highest BCUT2D eigenvalue weighted by molar-refractivity contribution is 7.89. The first-order valence-electron chi connectivity index (χ1n) is 12.4. The van der Waals surface area contributed by atoms with E-state index >= 15 is 0 Å². The second-order valence-corrected chi connectivity index (χ2v) is 11.4. The van der Waals surface area contributed by atoms with Gasteiger partial charge >= 0.3 is 0 Å². The van der Waals surface area contributed by atoms with Gasteiger partial charge in [0.05, 0.1) is 18.0 Å². The third kappa shape index (κ3) is 5.47. The Labute approximate surface area is 213 Å². The Kier molecular flexibility index (Phi) is 8.11. The normalized spacial score (nSPS) is 18.6. The van der Waals surface area contributed by atoms with Gasteiger partial charge < -0.3 is 14.5 Å². The smallest absolute Gasteiger partial charge is 0.258 e. The number of benzene rings is 1. The Morgan fingerprint density at radius 3 is 2.22 bits per heavy atom. The van der Waals surface area contributed by atoms with Crippen molar-refractivity contribution in [3.05, 3.63) is 41.9 Å². The number of anilines is 1. The third-order valence-corrected chi connectivity index (χ3v) is 8.88. The van der Waals surface area contributed by atoms with Gasteiger partial charge in [0.25, 0.3) is 5.91 Å². The molecule has 0 N–H and O–H groups in total. The number of piperazine rings is 1. The van der Waals surface area contributed by atoms with Crippen LogP contribution in [0.2, 0.25) is 0 Å². The van der Waals surface area contributed by atoms with E-state index in [1.165, 1.54) is 10.7 Å². The van der Waals surface area contributed by atoms with Gasteiger partial charge in [-0.25, -0.2) is 18.4 Å². The molecule has 1 unspecified atom stereocenters. The highest BCUT2D eigenvalue weighted by atomic mass is 32.2. The molecule has 196 valence electrons. The van der Waals surface area contributed by atoms with Crippen molar-refractivity contribution in [1.82, 2.24) is 24.1 Å². The fourth-order valence-corrected chi connectivity index (χ4v) is 6.14. The van der Waals surface area contributed by atoms with Crippen LogP contribution in [0.15, 0.2) is 35.4 Å². The largest absolute Gasteiger partial charge is 0.497 e. The maximum atomic E-state index is 13.1. The first-order valence-corrected chi connectivity index (χ1v) is 13.9. The second-order valence-electron chi connectivity index (χ2n) is 9.50. The van der Waals surface area contributed by atoms with Crippen molar-refractivity contribution in [2.24, 2.45) is 0 Å². The first kappa shape index (κ1) is 26.3. The number of hydrogen-bond donors (Lipinski definition) is 0. The molecule has 2 aliphatic heterocycles. The lowest BCUT2D eigenvalue weighted by Crippen LogP contribution is -2.49. The summed E-state index contributed by atoms with van der Waals surface area (Å²) in [5.41, 5.74) is 0.522.